The third kappa shape index (κ3) is 4.00. The Morgan fingerprint density at radius 3 is 2.37 bits per heavy atom. The molecule has 19 heavy (non-hydrogen) atoms. The van der Waals surface area contributed by atoms with Crippen LogP contribution in [0.5, 0.6) is 11.5 Å². The lowest BCUT2D eigenvalue weighted by molar-refractivity contribution is -0.153. The Balaban J connectivity index is 2.94. The summed E-state index contributed by atoms with van der Waals surface area (Å²) in [5.74, 6) is 0.693. The van der Waals surface area contributed by atoms with Crippen molar-refractivity contribution in [2.45, 2.75) is 24.7 Å². The van der Waals surface area contributed by atoms with Gasteiger partial charge in [-0.15, -0.1) is 0 Å². The van der Waals surface area contributed by atoms with E-state index in [0.29, 0.717) is 5.75 Å². The van der Waals surface area contributed by atoms with Gasteiger partial charge in [0, 0.05) is 12.0 Å². The minimum Gasteiger partial charge on any atom is -0.497 e. The number of aliphatic hydroxyl groups excluding tert-OH is 1. The molecule has 1 aromatic rings. The number of hydrogen-bond donors (Lipinski definition) is 2. The van der Waals surface area contributed by atoms with Gasteiger partial charge in [-0.2, -0.15) is 13.2 Å². The van der Waals surface area contributed by atoms with Crippen molar-refractivity contribution in [2.24, 2.45) is 5.73 Å². The summed E-state index contributed by atoms with van der Waals surface area (Å²) in [4.78, 5) is 0. The average Bonchev–Trinajstić information content (AvgIpc) is 2.36. The van der Waals surface area contributed by atoms with E-state index in [0.717, 1.165) is 0 Å². The number of rotatable bonds is 5. The van der Waals surface area contributed by atoms with Crippen molar-refractivity contribution in [1.29, 1.82) is 0 Å². The maximum atomic E-state index is 12.4. The molecule has 0 amide bonds. The molecule has 0 aliphatic heterocycles. The quantitative estimate of drug-likeness (QED) is 0.865. The van der Waals surface area contributed by atoms with Crippen molar-refractivity contribution in [2.75, 3.05) is 14.2 Å². The number of nitrogens with two attached hydrogens (primary N) is 1. The number of aliphatic hydroxyl groups is 1. The smallest absolute Gasteiger partial charge is 0.403 e. The number of benzene rings is 1. The van der Waals surface area contributed by atoms with Crippen LogP contribution in [0.3, 0.4) is 0 Å². The van der Waals surface area contributed by atoms with Gasteiger partial charge in [-0.3, -0.25) is 0 Å². The summed E-state index contributed by atoms with van der Waals surface area (Å²) in [6.07, 6.45) is -6.58. The predicted octanol–water partition coefficient (Wildman–Crippen LogP) is 2.02. The normalized spacial score (nSPS) is 14.9. The maximum Gasteiger partial charge on any atom is 0.403 e. The van der Waals surface area contributed by atoms with E-state index >= 15 is 0 Å². The molecule has 1 aromatic carbocycles. The van der Waals surface area contributed by atoms with E-state index in [2.05, 4.69) is 0 Å². The minimum absolute atomic E-state index is 0.210. The first kappa shape index (κ1) is 15.6. The van der Waals surface area contributed by atoms with Gasteiger partial charge >= 0.3 is 6.18 Å². The lowest BCUT2D eigenvalue weighted by Crippen LogP contribution is -2.38. The largest absolute Gasteiger partial charge is 0.497 e. The SMILES string of the molecule is COc1ccc(OC)c([C@@H](O)C[C@H](N)C(F)(F)F)c1. The Morgan fingerprint density at radius 1 is 1.26 bits per heavy atom. The highest BCUT2D eigenvalue weighted by atomic mass is 19.4. The Morgan fingerprint density at radius 2 is 1.89 bits per heavy atom. The zero-order valence-corrected chi connectivity index (χ0v) is 10.6. The van der Waals surface area contributed by atoms with Gasteiger partial charge in [0.2, 0.25) is 0 Å². The van der Waals surface area contributed by atoms with Crippen LogP contribution in [0.15, 0.2) is 18.2 Å². The average molecular weight is 279 g/mol. The molecule has 4 nitrogen and oxygen atoms in total. The second-order valence-corrected chi connectivity index (χ2v) is 4.01. The van der Waals surface area contributed by atoms with Crippen LogP contribution in [0.4, 0.5) is 13.2 Å². The fraction of sp³-hybridized carbons (Fsp3) is 0.500. The first-order valence-electron chi connectivity index (χ1n) is 5.52. The fourth-order valence-corrected chi connectivity index (χ4v) is 1.60. The predicted molar refractivity (Wildman–Crippen MR) is 63.2 cm³/mol. The van der Waals surface area contributed by atoms with Gasteiger partial charge in [0.05, 0.1) is 20.3 Å². The second kappa shape index (κ2) is 6.12. The van der Waals surface area contributed by atoms with Gasteiger partial charge in [0.1, 0.15) is 17.5 Å². The van der Waals surface area contributed by atoms with E-state index in [-0.39, 0.29) is 11.3 Å². The molecule has 7 heteroatoms. The molecule has 3 N–H and O–H groups in total. The van der Waals surface area contributed by atoms with Crippen LogP contribution in [0.1, 0.15) is 18.1 Å². The number of alkyl halides is 3. The number of methoxy groups -OCH3 is 2. The van der Waals surface area contributed by atoms with Crippen molar-refractivity contribution >= 4 is 0 Å². The van der Waals surface area contributed by atoms with Gasteiger partial charge in [-0.05, 0) is 18.2 Å². The monoisotopic (exact) mass is 279 g/mol. The molecule has 0 aliphatic carbocycles. The molecular weight excluding hydrogens is 263 g/mol. The van der Waals surface area contributed by atoms with Gasteiger partial charge in [0.15, 0.2) is 0 Å². The van der Waals surface area contributed by atoms with Crippen LogP contribution in [0, 0.1) is 0 Å². The van der Waals surface area contributed by atoms with Crippen molar-refractivity contribution in [1.82, 2.24) is 0 Å². The highest BCUT2D eigenvalue weighted by Crippen LogP contribution is 2.33. The zero-order valence-electron chi connectivity index (χ0n) is 10.6. The lowest BCUT2D eigenvalue weighted by Gasteiger charge is -2.21. The summed E-state index contributed by atoms with van der Waals surface area (Å²) in [5.41, 5.74) is 5.20. The molecular formula is C12H16F3NO3. The Bertz CT molecular complexity index is 423. The first-order valence-corrected chi connectivity index (χ1v) is 5.52. The summed E-state index contributed by atoms with van der Waals surface area (Å²) in [6.45, 7) is 0. The van der Waals surface area contributed by atoms with Crippen molar-refractivity contribution in [3.63, 3.8) is 0 Å². The number of halogens is 3. The topological polar surface area (TPSA) is 64.7 Å². The van der Waals surface area contributed by atoms with Crippen molar-refractivity contribution in [3.05, 3.63) is 23.8 Å². The summed E-state index contributed by atoms with van der Waals surface area (Å²) in [5, 5.41) is 9.87. The van der Waals surface area contributed by atoms with E-state index in [9.17, 15) is 18.3 Å². The van der Waals surface area contributed by atoms with Crippen LogP contribution in [-0.4, -0.2) is 31.5 Å². The molecule has 2 atom stereocenters. The summed E-state index contributed by atoms with van der Waals surface area (Å²) in [6, 6.07) is 2.42. The van der Waals surface area contributed by atoms with Crippen molar-refractivity contribution in [3.8, 4) is 11.5 Å². The van der Waals surface area contributed by atoms with E-state index in [1.165, 1.54) is 26.4 Å². The van der Waals surface area contributed by atoms with Crippen molar-refractivity contribution < 1.29 is 27.8 Å². The lowest BCUT2D eigenvalue weighted by atomic mass is 10.0. The standard InChI is InChI=1S/C12H16F3NO3/c1-18-7-3-4-10(19-2)8(5-7)9(17)6-11(16)12(13,14)15/h3-5,9,11,17H,6,16H2,1-2H3/t9-,11-/m0/s1. The Hall–Kier alpha value is -1.47. The van der Waals surface area contributed by atoms with Gasteiger partial charge in [-0.25, -0.2) is 0 Å². The molecule has 0 saturated carbocycles. The molecule has 0 fully saturated rings. The van der Waals surface area contributed by atoms with E-state index in [1.54, 1.807) is 6.07 Å². The van der Waals surface area contributed by atoms with E-state index in [1.807, 2.05) is 0 Å². The summed E-state index contributed by atoms with van der Waals surface area (Å²) >= 11 is 0. The molecule has 0 spiro atoms. The van der Waals surface area contributed by atoms with Gasteiger partial charge in [-0.1, -0.05) is 0 Å². The number of hydrogen-bond acceptors (Lipinski definition) is 4. The Labute approximate surface area is 108 Å². The molecule has 0 heterocycles. The molecule has 0 aromatic heterocycles. The molecule has 0 saturated heterocycles. The minimum atomic E-state index is -4.55. The molecule has 0 bridgehead atoms. The van der Waals surface area contributed by atoms with E-state index < -0.39 is 24.7 Å². The maximum absolute atomic E-state index is 12.4. The van der Waals surface area contributed by atoms with Crippen LogP contribution in [0.2, 0.25) is 0 Å². The van der Waals surface area contributed by atoms with Gasteiger partial charge in [0.25, 0.3) is 0 Å². The zero-order chi connectivity index (χ0) is 14.6. The second-order valence-electron chi connectivity index (χ2n) is 4.01. The third-order valence-corrected chi connectivity index (χ3v) is 2.69. The van der Waals surface area contributed by atoms with E-state index in [4.69, 9.17) is 15.2 Å². The first-order chi connectivity index (χ1) is 8.79. The molecule has 0 unspecified atom stereocenters. The van der Waals surface area contributed by atoms with Crippen LogP contribution >= 0.6 is 0 Å². The highest BCUT2D eigenvalue weighted by Gasteiger charge is 2.38. The number of ether oxygens (including phenoxy) is 2. The van der Waals surface area contributed by atoms with Gasteiger partial charge < -0.3 is 20.3 Å². The Kier molecular flexibility index (Phi) is 5.02. The molecule has 108 valence electrons. The molecule has 0 aliphatic rings. The van der Waals surface area contributed by atoms with Crippen LogP contribution in [0.25, 0.3) is 0 Å². The summed E-state index contributed by atoms with van der Waals surface area (Å²) in [7, 11) is 2.78. The third-order valence-electron chi connectivity index (χ3n) is 2.69. The van der Waals surface area contributed by atoms with Crippen LogP contribution < -0.4 is 15.2 Å². The molecule has 1 rings (SSSR count). The fourth-order valence-electron chi connectivity index (χ4n) is 1.60. The molecule has 0 radical (unpaired) electrons. The van der Waals surface area contributed by atoms with Crippen LogP contribution in [-0.2, 0) is 0 Å². The highest BCUT2D eigenvalue weighted by molar-refractivity contribution is 5.41. The summed E-state index contributed by atoms with van der Waals surface area (Å²) < 4.78 is 47.0.